The summed E-state index contributed by atoms with van der Waals surface area (Å²) in [6.45, 7) is 3.65. The van der Waals surface area contributed by atoms with Gasteiger partial charge in [0.05, 0.1) is 18.8 Å². The first kappa shape index (κ1) is 12.3. The normalized spacial score (nSPS) is 26.0. The number of carbonyl (C=O) groups is 1. The van der Waals surface area contributed by atoms with Crippen molar-refractivity contribution < 1.29 is 14.3 Å². The van der Waals surface area contributed by atoms with Crippen molar-refractivity contribution in [2.24, 2.45) is 0 Å². The lowest BCUT2D eigenvalue weighted by molar-refractivity contribution is 0.117. The van der Waals surface area contributed by atoms with Crippen molar-refractivity contribution in [2.75, 3.05) is 25.1 Å². The Labute approximate surface area is 112 Å². The molecule has 2 unspecified atom stereocenters. The third-order valence-electron chi connectivity index (χ3n) is 3.76. The maximum Gasteiger partial charge on any atom is 0.415 e. The standard InChI is InChI=1S/C14H18N2O3/c1-9-3-4-12(18-2)10(7-9)16-11-8-15-6-5-13(11)19-14(16)17/h3-4,7,11,13,15H,5-6,8H2,1-2H3. The van der Waals surface area contributed by atoms with Crippen molar-refractivity contribution in [1.82, 2.24) is 5.32 Å². The van der Waals surface area contributed by atoms with E-state index in [9.17, 15) is 4.79 Å². The summed E-state index contributed by atoms with van der Waals surface area (Å²) in [7, 11) is 1.62. The molecule has 1 amide bonds. The van der Waals surface area contributed by atoms with Crippen LogP contribution in [0.5, 0.6) is 5.75 Å². The highest BCUT2D eigenvalue weighted by molar-refractivity contribution is 5.92. The Morgan fingerprint density at radius 1 is 1.47 bits per heavy atom. The van der Waals surface area contributed by atoms with Crippen molar-refractivity contribution >= 4 is 11.8 Å². The first-order valence-electron chi connectivity index (χ1n) is 6.56. The molecular weight excluding hydrogens is 244 g/mol. The topological polar surface area (TPSA) is 50.8 Å². The van der Waals surface area contributed by atoms with Gasteiger partial charge in [0.1, 0.15) is 11.9 Å². The Hall–Kier alpha value is -1.75. The lowest BCUT2D eigenvalue weighted by Gasteiger charge is -2.29. The molecule has 3 rings (SSSR count). The van der Waals surface area contributed by atoms with Crippen molar-refractivity contribution in [1.29, 1.82) is 0 Å². The van der Waals surface area contributed by atoms with Crippen molar-refractivity contribution in [3.05, 3.63) is 23.8 Å². The number of carbonyl (C=O) groups excluding carboxylic acids is 1. The molecule has 0 bridgehead atoms. The molecule has 0 radical (unpaired) electrons. The molecule has 2 fully saturated rings. The van der Waals surface area contributed by atoms with Gasteiger partial charge in [0.25, 0.3) is 0 Å². The lowest BCUT2D eigenvalue weighted by Crippen LogP contribution is -2.49. The summed E-state index contributed by atoms with van der Waals surface area (Å²) < 4.78 is 10.8. The number of methoxy groups -OCH3 is 1. The van der Waals surface area contributed by atoms with Crippen LogP contribution in [0.25, 0.3) is 0 Å². The lowest BCUT2D eigenvalue weighted by atomic mass is 10.0. The van der Waals surface area contributed by atoms with Gasteiger partial charge in [-0.1, -0.05) is 6.07 Å². The third kappa shape index (κ3) is 2.04. The van der Waals surface area contributed by atoms with Gasteiger partial charge >= 0.3 is 6.09 Å². The maximum atomic E-state index is 12.1. The SMILES string of the molecule is COc1ccc(C)cc1N1C(=O)OC2CCNCC21. The minimum Gasteiger partial charge on any atom is -0.495 e. The molecule has 5 heteroatoms. The molecule has 19 heavy (non-hydrogen) atoms. The number of benzene rings is 1. The number of rotatable bonds is 2. The highest BCUT2D eigenvalue weighted by Gasteiger charge is 2.44. The monoisotopic (exact) mass is 262 g/mol. The van der Waals surface area contributed by atoms with Crippen molar-refractivity contribution in [3.8, 4) is 5.75 Å². The molecule has 0 aliphatic carbocycles. The van der Waals surface area contributed by atoms with Crippen molar-refractivity contribution in [3.63, 3.8) is 0 Å². The predicted molar refractivity (Wildman–Crippen MR) is 71.8 cm³/mol. The molecule has 102 valence electrons. The van der Waals surface area contributed by atoms with E-state index in [0.717, 1.165) is 30.8 Å². The Bertz CT molecular complexity index is 503. The molecule has 2 aliphatic rings. The van der Waals surface area contributed by atoms with Crippen LogP contribution in [0.4, 0.5) is 10.5 Å². The summed E-state index contributed by atoms with van der Waals surface area (Å²) in [5.41, 5.74) is 1.89. The number of aryl methyl sites for hydroxylation is 1. The fourth-order valence-electron chi connectivity index (χ4n) is 2.80. The van der Waals surface area contributed by atoms with Crippen LogP contribution >= 0.6 is 0 Å². The number of anilines is 1. The van der Waals surface area contributed by atoms with Crippen LogP contribution in [-0.2, 0) is 4.74 Å². The Kier molecular flexibility index (Phi) is 3.06. The van der Waals surface area contributed by atoms with E-state index < -0.39 is 0 Å². The molecule has 0 aromatic heterocycles. The van der Waals surface area contributed by atoms with E-state index in [-0.39, 0.29) is 18.2 Å². The van der Waals surface area contributed by atoms with Crippen LogP contribution in [0.2, 0.25) is 0 Å². The van der Waals surface area contributed by atoms with E-state index in [1.807, 2.05) is 25.1 Å². The van der Waals surface area contributed by atoms with E-state index in [2.05, 4.69) is 5.32 Å². The van der Waals surface area contributed by atoms with Gasteiger partial charge in [-0.15, -0.1) is 0 Å². The highest BCUT2D eigenvalue weighted by atomic mass is 16.6. The number of hydrogen-bond acceptors (Lipinski definition) is 4. The van der Waals surface area contributed by atoms with Gasteiger partial charge in [0.2, 0.25) is 0 Å². The predicted octanol–water partition coefficient (Wildman–Crippen LogP) is 1.69. The first-order valence-corrected chi connectivity index (χ1v) is 6.56. The summed E-state index contributed by atoms with van der Waals surface area (Å²) >= 11 is 0. The molecule has 1 aromatic rings. The fraction of sp³-hybridized carbons (Fsp3) is 0.500. The molecule has 5 nitrogen and oxygen atoms in total. The molecular formula is C14H18N2O3. The fourth-order valence-corrected chi connectivity index (χ4v) is 2.80. The average Bonchev–Trinajstić information content (AvgIpc) is 2.74. The van der Waals surface area contributed by atoms with Crippen molar-refractivity contribution in [2.45, 2.75) is 25.5 Å². The third-order valence-corrected chi connectivity index (χ3v) is 3.76. The zero-order chi connectivity index (χ0) is 13.4. The number of piperidine rings is 1. The molecule has 0 spiro atoms. The maximum absolute atomic E-state index is 12.1. The van der Waals surface area contributed by atoms with Crippen LogP contribution < -0.4 is 15.0 Å². The largest absolute Gasteiger partial charge is 0.495 e. The van der Waals surface area contributed by atoms with Gasteiger partial charge in [-0.25, -0.2) is 4.79 Å². The molecule has 2 saturated heterocycles. The molecule has 1 aromatic carbocycles. The smallest absolute Gasteiger partial charge is 0.415 e. The van der Waals surface area contributed by atoms with Crippen LogP contribution in [-0.4, -0.2) is 38.4 Å². The zero-order valence-electron chi connectivity index (χ0n) is 11.2. The van der Waals surface area contributed by atoms with E-state index in [0.29, 0.717) is 5.75 Å². The second-order valence-corrected chi connectivity index (χ2v) is 5.03. The number of nitrogens with zero attached hydrogens (tertiary/aromatic N) is 1. The quantitative estimate of drug-likeness (QED) is 0.881. The van der Waals surface area contributed by atoms with E-state index in [1.165, 1.54) is 0 Å². The Morgan fingerprint density at radius 2 is 2.32 bits per heavy atom. The Balaban J connectivity index is 2.00. The van der Waals surface area contributed by atoms with Crippen LogP contribution in [0, 0.1) is 6.92 Å². The van der Waals surface area contributed by atoms with Gasteiger partial charge in [-0.2, -0.15) is 0 Å². The number of fused-ring (bicyclic) bond motifs is 1. The number of nitrogens with one attached hydrogen (secondary N) is 1. The summed E-state index contributed by atoms with van der Waals surface area (Å²) in [6, 6.07) is 5.89. The van der Waals surface area contributed by atoms with E-state index in [1.54, 1.807) is 12.0 Å². The van der Waals surface area contributed by atoms with Crippen LogP contribution in [0.3, 0.4) is 0 Å². The molecule has 0 saturated carbocycles. The molecule has 2 heterocycles. The summed E-state index contributed by atoms with van der Waals surface area (Å²) in [4.78, 5) is 13.9. The minimum atomic E-state index is -0.275. The van der Waals surface area contributed by atoms with Gasteiger partial charge in [-0.05, 0) is 37.6 Å². The molecule has 1 N–H and O–H groups in total. The van der Waals surface area contributed by atoms with Crippen LogP contribution in [0.1, 0.15) is 12.0 Å². The number of hydrogen-bond donors (Lipinski definition) is 1. The Morgan fingerprint density at radius 3 is 3.11 bits per heavy atom. The molecule has 2 atom stereocenters. The van der Waals surface area contributed by atoms with Gasteiger partial charge in [0, 0.05) is 6.54 Å². The second-order valence-electron chi connectivity index (χ2n) is 5.03. The zero-order valence-corrected chi connectivity index (χ0v) is 11.2. The minimum absolute atomic E-state index is 0.0148. The van der Waals surface area contributed by atoms with Gasteiger partial charge in [0.15, 0.2) is 0 Å². The molecule has 2 aliphatic heterocycles. The van der Waals surface area contributed by atoms with Gasteiger partial charge in [-0.3, -0.25) is 4.90 Å². The summed E-state index contributed by atoms with van der Waals surface area (Å²) in [5.74, 6) is 0.703. The van der Waals surface area contributed by atoms with Crippen LogP contribution in [0.15, 0.2) is 18.2 Å². The second kappa shape index (κ2) is 4.74. The number of ether oxygens (including phenoxy) is 2. The highest BCUT2D eigenvalue weighted by Crippen LogP contribution is 2.36. The van der Waals surface area contributed by atoms with E-state index in [4.69, 9.17) is 9.47 Å². The average molecular weight is 262 g/mol. The summed E-state index contributed by atoms with van der Waals surface area (Å²) in [6.07, 6.45) is 0.572. The van der Waals surface area contributed by atoms with E-state index >= 15 is 0 Å². The summed E-state index contributed by atoms with van der Waals surface area (Å²) in [5, 5.41) is 3.31. The number of amides is 1. The first-order chi connectivity index (χ1) is 9.20. The van der Waals surface area contributed by atoms with Gasteiger partial charge < -0.3 is 14.8 Å².